The first-order valence-corrected chi connectivity index (χ1v) is 7.34. The van der Waals surface area contributed by atoms with Gasteiger partial charge in [0.05, 0.1) is 19.2 Å². The second-order valence-corrected chi connectivity index (χ2v) is 5.56. The normalized spacial score (nSPS) is 12.7. The minimum absolute atomic E-state index is 0.0604. The quantitative estimate of drug-likeness (QED) is 0.852. The van der Waals surface area contributed by atoms with E-state index in [0.29, 0.717) is 18.7 Å². The van der Waals surface area contributed by atoms with Gasteiger partial charge in [0, 0.05) is 6.04 Å². The highest BCUT2D eigenvalue weighted by atomic mass is 16.7. The number of fused-ring (bicyclic) bond motifs is 1. The summed E-state index contributed by atoms with van der Waals surface area (Å²) < 4.78 is 16.0. The molecule has 0 N–H and O–H groups in total. The maximum absolute atomic E-state index is 12.6. The first-order chi connectivity index (χ1) is 10.6. The van der Waals surface area contributed by atoms with Gasteiger partial charge in [-0.05, 0) is 43.7 Å². The minimum Gasteiger partial charge on any atom is -0.467 e. The zero-order valence-electron chi connectivity index (χ0n) is 12.7. The highest BCUT2D eigenvalue weighted by Crippen LogP contribution is 2.32. The standard InChI is InChI=1S/C17H19NO4/c1-12(2)18(10-14-4-3-7-20-14)17(19)9-13-5-6-15-16(8-13)22-11-21-15/h3-8,12H,9-11H2,1-2H3. The Hall–Kier alpha value is -2.43. The van der Waals surface area contributed by atoms with Crippen molar-refractivity contribution in [3.8, 4) is 11.5 Å². The molecule has 22 heavy (non-hydrogen) atoms. The third kappa shape index (κ3) is 3.08. The molecule has 1 aliphatic heterocycles. The minimum atomic E-state index is 0.0604. The first kappa shape index (κ1) is 14.5. The van der Waals surface area contributed by atoms with Crippen LogP contribution in [0.3, 0.4) is 0 Å². The molecule has 5 nitrogen and oxygen atoms in total. The molecule has 1 aromatic carbocycles. The Kier molecular flexibility index (Phi) is 4.04. The van der Waals surface area contributed by atoms with E-state index >= 15 is 0 Å². The SMILES string of the molecule is CC(C)N(Cc1ccco1)C(=O)Cc1ccc2c(c1)OCO2. The number of hydrogen-bond donors (Lipinski definition) is 0. The molecule has 116 valence electrons. The highest BCUT2D eigenvalue weighted by Gasteiger charge is 2.20. The Balaban J connectivity index is 1.71. The van der Waals surface area contributed by atoms with Gasteiger partial charge in [-0.3, -0.25) is 4.79 Å². The van der Waals surface area contributed by atoms with Crippen LogP contribution in [0.1, 0.15) is 25.2 Å². The monoisotopic (exact) mass is 301 g/mol. The van der Waals surface area contributed by atoms with Crippen LogP contribution in [0.4, 0.5) is 0 Å². The molecule has 0 bridgehead atoms. The molecule has 0 saturated heterocycles. The van der Waals surface area contributed by atoms with E-state index in [4.69, 9.17) is 13.9 Å². The van der Waals surface area contributed by atoms with Crippen LogP contribution in [-0.4, -0.2) is 23.6 Å². The number of rotatable bonds is 5. The Labute approximate surface area is 129 Å². The summed E-state index contributed by atoms with van der Waals surface area (Å²) in [5.74, 6) is 2.28. The molecule has 1 amide bonds. The summed E-state index contributed by atoms with van der Waals surface area (Å²) in [6, 6.07) is 9.42. The van der Waals surface area contributed by atoms with Crippen LogP contribution in [0.25, 0.3) is 0 Å². The zero-order valence-corrected chi connectivity index (χ0v) is 12.7. The van der Waals surface area contributed by atoms with Gasteiger partial charge in [0.15, 0.2) is 11.5 Å². The van der Waals surface area contributed by atoms with Crippen LogP contribution in [0.5, 0.6) is 11.5 Å². The second-order valence-electron chi connectivity index (χ2n) is 5.56. The molecule has 5 heteroatoms. The van der Waals surface area contributed by atoms with Gasteiger partial charge in [-0.1, -0.05) is 6.07 Å². The number of benzene rings is 1. The number of carbonyl (C=O) groups is 1. The molecule has 0 aliphatic carbocycles. The van der Waals surface area contributed by atoms with Gasteiger partial charge in [-0.25, -0.2) is 0 Å². The Morgan fingerprint density at radius 2 is 2.05 bits per heavy atom. The van der Waals surface area contributed by atoms with Crippen molar-refractivity contribution in [1.82, 2.24) is 4.90 Å². The van der Waals surface area contributed by atoms with Crippen LogP contribution in [-0.2, 0) is 17.8 Å². The van der Waals surface area contributed by atoms with Gasteiger partial charge >= 0.3 is 0 Å². The Morgan fingerprint density at radius 1 is 1.23 bits per heavy atom. The van der Waals surface area contributed by atoms with Crippen molar-refractivity contribution in [2.24, 2.45) is 0 Å². The maximum atomic E-state index is 12.6. The second kappa shape index (κ2) is 6.13. The molecule has 3 rings (SSSR count). The van der Waals surface area contributed by atoms with Gasteiger partial charge in [0.25, 0.3) is 0 Å². The van der Waals surface area contributed by atoms with Gasteiger partial charge in [-0.15, -0.1) is 0 Å². The van der Waals surface area contributed by atoms with Crippen molar-refractivity contribution in [3.63, 3.8) is 0 Å². The summed E-state index contributed by atoms with van der Waals surface area (Å²) in [5.41, 5.74) is 0.916. The lowest BCUT2D eigenvalue weighted by Gasteiger charge is -2.26. The maximum Gasteiger partial charge on any atom is 0.231 e. The molecule has 0 unspecified atom stereocenters. The molecule has 0 radical (unpaired) electrons. The van der Waals surface area contributed by atoms with Crippen LogP contribution in [0.2, 0.25) is 0 Å². The predicted molar refractivity (Wildman–Crippen MR) is 80.7 cm³/mol. The van der Waals surface area contributed by atoms with E-state index in [2.05, 4.69) is 0 Å². The largest absolute Gasteiger partial charge is 0.467 e. The molecule has 0 fully saturated rings. The molecule has 1 aliphatic rings. The summed E-state index contributed by atoms with van der Waals surface area (Å²) in [5, 5.41) is 0. The van der Waals surface area contributed by atoms with E-state index in [0.717, 1.165) is 17.1 Å². The molecule has 2 aromatic rings. The number of amides is 1. The number of nitrogens with zero attached hydrogens (tertiary/aromatic N) is 1. The average molecular weight is 301 g/mol. The Morgan fingerprint density at radius 3 is 2.77 bits per heavy atom. The van der Waals surface area contributed by atoms with Crippen LogP contribution >= 0.6 is 0 Å². The van der Waals surface area contributed by atoms with Gasteiger partial charge in [0.2, 0.25) is 12.7 Å². The first-order valence-electron chi connectivity index (χ1n) is 7.34. The third-order valence-corrected chi connectivity index (χ3v) is 3.64. The van der Waals surface area contributed by atoms with E-state index < -0.39 is 0 Å². The summed E-state index contributed by atoms with van der Waals surface area (Å²) in [6.07, 6.45) is 1.95. The lowest BCUT2D eigenvalue weighted by atomic mass is 10.1. The lowest BCUT2D eigenvalue weighted by Crippen LogP contribution is -2.37. The fourth-order valence-corrected chi connectivity index (χ4v) is 2.46. The molecule has 0 saturated carbocycles. The van der Waals surface area contributed by atoms with E-state index in [1.54, 1.807) is 6.26 Å². The van der Waals surface area contributed by atoms with Crippen LogP contribution < -0.4 is 9.47 Å². The van der Waals surface area contributed by atoms with Gasteiger partial charge in [0.1, 0.15) is 5.76 Å². The molecular weight excluding hydrogens is 282 g/mol. The van der Waals surface area contributed by atoms with Crippen molar-refractivity contribution in [2.75, 3.05) is 6.79 Å². The van der Waals surface area contributed by atoms with Crippen molar-refractivity contribution in [1.29, 1.82) is 0 Å². The fourth-order valence-electron chi connectivity index (χ4n) is 2.46. The molecular formula is C17H19NO4. The molecule has 2 heterocycles. The molecule has 1 aromatic heterocycles. The summed E-state index contributed by atoms with van der Waals surface area (Å²) in [6.45, 7) is 4.72. The fraction of sp³-hybridized carbons (Fsp3) is 0.353. The van der Waals surface area contributed by atoms with Crippen molar-refractivity contribution in [3.05, 3.63) is 47.9 Å². The van der Waals surface area contributed by atoms with E-state index in [9.17, 15) is 4.79 Å². The number of ether oxygens (including phenoxy) is 2. The van der Waals surface area contributed by atoms with E-state index in [1.165, 1.54) is 0 Å². The number of hydrogen-bond acceptors (Lipinski definition) is 4. The Bertz CT molecular complexity index is 649. The smallest absolute Gasteiger partial charge is 0.231 e. The van der Waals surface area contributed by atoms with Crippen molar-refractivity contribution >= 4 is 5.91 Å². The molecule has 0 spiro atoms. The highest BCUT2D eigenvalue weighted by molar-refractivity contribution is 5.79. The average Bonchev–Trinajstić information content (AvgIpc) is 3.15. The lowest BCUT2D eigenvalue weighted by molar-refractivity contribution is -0.133. The van der Waals surface area contributed by atoms with E-state index in [-0.39, 0.29) is 18.7 Å². The number of carbonyl (C=O) groups excluding carboxylic acids is 1. The topological polar surface area (TPSA) is 51.9 Å². The van der Waals surface area contributed by atoms with Gasteiger partial charge < -0.3 is 18.8 Å². The summed E-state index contributed by atoms with van der Waals surface area (Å²) in [4.78, 5) is 14.4. The summed E-state index contributed by atoms with van der Waals surface area (Å²) >= 11 is 0. The van der Waals surface area contributed by atoms with E-state index in [1.807, 2.05) is 49.1 Å². The van der Waals surface area contributed by atoms with Crippen LogP contribution in [0.15, 0.2) is 41.0 Å². The number of furan rings is 1. The zero-order chi connectivity index (χ0) is 15.5. The van der Waals surface area contributed by atoms with Crippen LogP contribution in [0, 0.1) is 0 Å². The van der Waals surface area contributed by atoms with Crippen molar-refractivity contribution < 1.29 is 18.7 Å². The van der Waals surface area contributed by atoms with Gasteiger partial charge in [-0.2, -0.15) is 0 Å². The van der Waals surface area contributed by atoms with Crippen molar-refractivity contribution in [2.45, 2.75) is 32.9 Å². The molecule has 0 atom stereocenters. The predicted octanol–water partition coefficient (Wildman–Crippen LogP) is 2.99. The summed E-state index contributed by atoms with van der Waals surface area (Å²) in [7, 11) is 0. The third-order valence-electron chi connectivity index (χ3n) is 3.64.